The van der Waals surface area contributed by atoms with Crippen molar-refractivity contribution in [3.8, 4) is 0 Å². The maximum Gasteiger partial charge on any atom is 0.272 e. The summed E-state index contributed by atoms with van der Waals surface area (Å²) in [7, 11) is 0. The summed E-state index contributed by atoms with van der Waals surface area (Å²) in [6.07, 6.45) is 2.81. The van der Waals surface area contributed by atoms with Crippen LogP contribution in [0.15, 0.2) is 67.3 Å². The lowest BCUT2D eigenvalue weighted by Crippen LogP contribution is -2.18. The number of H-pyrrole nitrogens is 1. The summed E-state index contributed by atoms with van der Waals surface area (Å²) in [5.74, 6) is 0.325. The third-order valence-corrected chi connectivity index (χ3v) is 6.89. The lowest BCUT2D eigenvalue weighted by atomic mass is 10.0. The number of nitrogens with one attached hydrogen (secondary N) is 2. The van der Waals surface area contributed by atoms with Gasteiger partial charge in [-0.2, -0.15) is 0 Å². The van der Waals surface area contributed by atoms with Crippen LogP contribution in [0.4, 0.5) is 5.69 Å². The van der Waals surface area contributed by atoms with Gasteiger partial charge in [0.1, 0.15) is 5.69 Å². The molecule has 3 aromatic carbocycles. The van der Waals surface area contributed by atoms with E-state index < -0.39 is 0 Å². The fourth-order valence-corrected chi connectivity index (χ4v) is 5.06. The van der Waals surface area contributed by atoms with E-state index in [-0.39, 0.29) is 5.91 Å². The molecular formula is C30H31N3O. The zero-order chi connectivity index (χ0) is 24.0. The highest BCUT2D eigenvalue weighted by Crippen LogP contribution is 2.32. The number of nitrogens with zero attached hydrogens (tertiary/aromatic N) is 1. The van der Waals surface area contributed by atoms with Gasteiger partial charge >= 0.3 is 0 Å². The van der Waals surface area contributed by atoms with Crippen molar-refractivity contribution >= 4 is 44.3 Å². The van der Waals surface area contributed by atoms with Gasteiger partial charge in [-0.25, -0.2) is 0 Å². The second-order valence-electron chi connectivity index (χ2n) is 9.34. The largest absolute Gasteiger partial charge is 0.354 e. The molecule has 0 unspecified atom stereocenters. The molecule has 4 heteroatoms. The van der Waals surface area contributed by atoms with E-state index in [1.807, 2.05) is 25.1 Å². The molecule has 0 aliphatic heterocycles. The molecule has 2 aromatic heterocycles. The van der Waals surface area contributed by atoms with Crippen molar-refractivity contribution < 1.29 is 4.79 Å². The topological polar surface area (TPSA) is 49.8 Å². The Morgan fingerprint density at radius 3 is 2.65 bits per heavy atom. The van der Waals surface area contributed by atoms with Gasteiger partial charge in [-0.1, -0.05) is 57.2 Å². The first-order valence-corrected chi connectivity index (χ1v) is 12.0. The summed E-state index contributed by atoms with van der Waals surface area (Å²) in [4.78, 5) is 17.1. The minimum Gasteiger partial charge on any atom is -0.354 e. The number of hydrogen-bond donors (Lipinski definition) is 2. The summed E-state index contributed by atoms with van der Waals surface area (Å²) >= 11 is 0. The molecule has 5 rings (SSSR count). The maximum atomic E-state index is 13.6. The van der Waals surface area contributed by atoms with E-state index in [1.54, 1.807) is 0 Å². The smallest absolute Gasteiger partial charge is 0.272 e. The number of aromatic amines is 1. The van der Waals surface area contributed by atoms with Crippen LogP contribution in [0.2, 0.25) is 0 Å². The van der Waals surface area contributed by atoms with E-state index in [9.17, 15) is 4.79 Å². The molecule has 0 aliphatic carbocycles. The number of aromatic nitrogens is 2. The molecule has 4 nitrogen and oxygen atoms in total. The number of anilines is 1. The molecule has 0 saturated carbocycles. The maximum absolute atomic E-state index is 13.6. The molecule has 0 bridgehead atoms. The summed E-state index contributed by atoms with van der Waals surface area (Å²) in [5.41, 5.74) is 8.28. The van der Waals surface area contributed by atoms with Gasteiger partial charge in [0.15, 0.2) is 0 Å². The number of carbonyl (C=O) groups excluding carboxylic acids is 1. The van der Waals surface area contributed by atoms with Crippen molar-refractivity contribution in [3.63, 3.8) is 0 Å². The van der Waals surface area contributed by atoms with Gasteiger partial charge in [-0.3, -0.25) is 4.79 Å². The van der Waals surface area contributed by atoms with E-state index in [1.165, 1.54) is 27.4 Å². The highest BCUT2D eigenvalue weighted by Gasteiger charge is 2.21. The van der Waals surface area contributed by atoms with Gasteiger partial charge in [-0.05, 0) is 60.2 Å². The van der Waals surface area contributed by atoms with Crippen LogP contribution in [0.3, 0.4) is 0 Å². The number of hydrogen-bond acceptors (Lipinski definition) is 1. The molecule has 1 amide bonds. The Labute approximate surface area is 200 Å². The van der Waals surface area contributed by atoms with Crippen LogP contribution in [0.25, 0.3) is 32.7 Å². The zero-order valence-electron chi connectivity index (χ0n) is 20.3. The summed E-state index contributed by atoms with van der Waals surface area (Å²) in [6, 6.07) is 19.0. The number of carbonyl (C=O) groups is 1. The molecule has 0 spiro atoms. The van der Waals surface area contributed by atoms with Crippen molar-refractivity contribution in [2.75, 3.05) is 5.32 Å². The lowest BCUT2D eigenvalue weighted by Gasteiger charge is -2.10. The van der Waals surface area contributed by atoms with Gasteiger partial charge in [0.05, 0.1) is 0 Å². The number of rotatable bonds is 6. The molecule has 2 heterocycles. The van der Waals surface area contributed by atoms with Crippen LogP contribution in [0, 0.1) is 6.92 Å². The van der Waals surface area contributed by atoms with Gasteiger partial charge in [0, 0.05) is 44.9 Å². The van der Waals surface area contributed by atoms with Crippen LogP contribution in [0.5, 0.6) is 0 Å². The number of allylic oxidation sites excluding steroid dienone is 1. The number of fused-ring (bicyclic) bond motifs is 4. The Hall–Kier alpha value is -3.79. The lowest BCUT2D eigenvalue weighted by molar-refractivity contribution is 0.101. The van der Waals surface area contributed by atoms with Gasteiger partial charge in [0.25, 0.3) is 5.91 Å². The Morgan fingerprint density at radius 1 is 1.09 bits per heavy atom. The summed E-state index contributed by atoms with van der Waals surface area (Å²) in [5, 5.41) is 6.65. The summed E-state index contributed by atoms with van der Waals surface area (Å²) in [6.45, 7) is 13.1. The fraction of sp³-hybridized carbons (Fsp3) is 0.233. The first kappa shape index (κ1) is 22.0. The minimum absolute atomic E-state index is 0.105. The van der Waals surface area contributed by atoms with Crippen LogP contribution in [-0.2, 0) is 13.0 Å². The van der Waals surface area contributed by atoms with E-state index in [0.29, 0.717) is 18.2 Å². The van der Waals surface area contributed by atoms with Crippen LogP contribution in [0.1, 0.15) is 53.9 Å². The Bertz CT molecular complexity index is 1570. The third-order valence-electron chi connectivity index (χ3n) is 6.89. The molecule has 0 saturated heterocycles. The van der Waals surface area contributed by atoms with E-state index >= 15 is 0 Å². The van der Waals surface area contributed by atoms with Crippen molar-refractivity contribution in [2.45, 2.75) is 46.6 Å². The number of para-hydroxylation sites is 1. The van der Waals surface area contributed by atoms with Gasteiger partial charge in [-0.15, -0.1) is 6.58 Å². The van der Waals surface area contributed by atoms with Gasteiger partial charge in [0.2, 0.25) is 0 Å². The molecule has 172 valence electrons. The predicted octanol–water partition coefficient (Wildman–Crippen LogP) is 7.71. The van der Waals surface area contributed by atoms with Crippen LogP contribution >= 0.6 is 0 Å². The average Bonchev–Trinajstić information content (AvgIpc) is 3.33. The first-order chi connectivity index (χ1) is 16.4. The molecular weight excluding hydrogens is 418 g/mol. The SMILES string of the molecule is C=CCn1c(C(=O)Nc2ccc3c(c2)[nH]c2c(CC)cccc23)c(C)c2cc(C(C)C)ccc21. The van der Waals surface area contributed by atoms with Gasteiger partial charge < -0.3 is 14.9 Å². The molecule has 2 N–H and O–H groups in total. The Balaban J connectivity index is 1.56. The second-order valence-corrected chi connectivity index (χ2v) is 9.34. The highest BCUT2D eigenvalue weighted by atomic mass is 16.2. The molecule has 34 heavy (non-hydrogen) atoms. The first-order valence-electron chi connectivity index (χ1n) is 12.0. The predicted molar refractivity (Wildman–Crippen MR) is 144 cm³/mol. The Morgan fingerprint density at radius 2 is 1.91 bits per heavy atom. The number of benzene rings is 3. The quantitative estimate of drug-likeness (QED) is 0.256. The van der Waals surface area contributed by atoms with Crippen molar-refractivity contribution in [2.24, 2.45) is 0 Å². The van der Waals surface area contributed by atoms with Crippen LogP contribution in [-0.4, -0.2) is 15.5 Å². The van der Waals surface area contributed by atoms with Crippen LogP contribution < -0.4 is 5.32 Å². The van der Waals surface area contributed by atoms with E-state index in [2.05, 4.69) is 84.7 Å². The van der Waals surface area contributed by atoms with E-state index in [0.717, 1.165) is 34.1 Å². The molecule has 5 aromatic rings. The number of amides is 1. The Kier molecular flexibility index (Phi) is 5.52. The normalized spacial score (nSPS) is 11.7. The van der Waals surface area contributed by atoms with E-state index in [4.69, 9.17) is 0 Å². The average molecular weight is 450 g/mol. The van der Waals surface area contributed by atoms with Crippen molar-refractivity contribution in [1.82, 2.24) is 9.55 Å². The second kappa shape index (κ2) is 8.53. The van der Waals surface area contributed by atoms with Crippen molar-refractivity contribution in [1.29, 1.82) is 0 Å². The fourth-order valence-electron chi connectivity index (χ4n) is 5.06. The zero-order valence-corrected chi connectivity index (χ0v) is 20.3. The minimum atomic E-state index is -0.105. The highest BCUT2D eigenvalue weighted by molar-refractivity contribution is 6.12. The summed E-state index contributed by atoms with van der Waals surface area (Å²) < 4.78 is 2.06. The molecule has 0 radical (unpaired) electrons. The van der Waals surface area contributed by atoms with Crippen molar-refractivity contribution in [3.05, 3.63) is 89.6 Å². The molecule has 0 atom stereocenters. The monoisotopic (exact) mass is 449 g/mol. The third kappa shape index (κ3) is 3.50. The standard InChI is InChI=1S/C30H31N3O/c1-6-15-33-27-14-11-21(18(3)4)16-25(27)19(5)29(33)30(34)31-22-12-13-23-24-10-8-9-20(7-2)28(24)32-26(23)17-22/h6,8-14,16-18,32H,1,7,15H2,2-5H3,(H,31,34). The number of aryl methyl sites for hydroxylation is 2. The molecule has 0 aliphatic rings. The molecule has 0 fully saturated rings.